The molecule has 0 bridgehead atoms. The number of hydrogen-bond donors (Lipinski definition) is 2. The molecule has 0 aliphatic heterocycles. The molecule has 0 aliphatic rings. The number of carbonyl (C=O) groups is 1. The Morgan fingerprint density at radius 1 is 1.14 bits per heavy atom. The van der Waals surface area contributed by atoms with Crippen LogP contribution in [0.1, 0.15) is 10.4 Å². The highest BCUT2D eigenvalue weighted by atomic mass is 35.5. The molecule has 0 unspecified atom stereocenters. The van der Waals surface area contributed by atoms with Crippen molar-refractivity contribution in [3.05, 3.63) is 58.9 Å². The maximum absolute atomic E-state index is 13.2. The zero-order valence-electron chi connectivity index (χ0n) is 10.4. The summed E-state index contributed by atoms with van der Waals surface area (Å²) in [6, 6.07) is 8.33. The Kier molecular flexibility index (Phi) is 4.15. The minimum absolute atomic E-state index is 0.0481. The molecule has 2 N–H and O–H groups in total. The molecule has 0 heterocycles. The Hall–Kier alpha value is -2.12. The number of halogens is 2. The van der Waals surface area contributed by atoms with Crippen molar-refractivity contribution in [2.24, 2.45) is 0 Å². The number of sulfonamides is 1. The smallest absolute Gasteiger partial charge is 0.338 e. The molecular formula is C13H9ClFNO4S. The summed E-state index contributed by atoms with van der Waals surface area (Å²) < 4.78 is 39.6. The zero-order valence-corrected chi connectivity index (χ0v) is 12.0. The number of carboxylic acids is 1. The third-order valence-electron chi connectivity index (χ3n) is 2.57. The molecule has 110 valence electrons. The van der Waals surface area contributed by atoms with Crippen LogP contribution in [0.5, 0.6) is 0 Å². The first-order valence-electron chi connectivity index (χ1n) is 5.61. The van der Waals surface area contributed by atoms with Gasteiger partial charge in [-0.1, -0.05) is 11.6 Å². The van der Waals surface area contributed by atoms with Gasteiger partial charge in [-0.25, -0.2) is 17.6 Å². The van der Waals surface area contributed by atoms with Gasteiger partial charge in [0.15, 0.2) is 0 Å². The van der Waals surface area contributed by atoms with E-state index in [1.807, 2.05) is 0 Å². The predicted octanol–water partition coefficient (Wildman–Crippen LogP) is 2.98. The van der Waals surface area contributed by atoms with Gasteiger partial charge >= 0.3 is 5.97 Å². The van der Waals surface area contributed by atoms with Gasteiger partial charge in [0.2, 0.25) is 0 Å². The van der Waals surface area contributed by atoms with E-state index in [0.29, 0.717) is 5.02 Å². The van der Waals surface area contributed by atoms with Crippen LogP contribution in [0.2, 0.25) is 5.02 Å². The molecule has 5 nitrogen and oxygen atoms in total. The van der Waals surface area contributed by atoms with Crippen molar-refractivity contribution in [1.29, 1.82) is 0 Å². The van der Waals surface area contributed by atoms with Crippen molar-refractivity contribution in [1.82, 2.24) is 0 Å². The van der Waals surface area contributed by atoms with E-state index in [-0.39, 0.29) is 10.6 Å². The van der Waals surface area contributed by atoms with Gasteiger partial charge in [0.05, 0.1) is 10.5 Å². The number of aromatic carboxylic acids is 1. The third-order valence-corrected chi connectivity index (χ3v) is 4.22. The molecule has 2 rings (SSSR count). The average Bonchev–Trinajstić information content (AvgIpc) is 2.41. The predicted molar refractivity (Wildman–Crippen MR) is 75.6 cm³/mol. The first-order chi connectivity index (χ1) is 9.79. The van der Waals surface area contributed by atoms with E-state index >= 15 is 0 Å². The summed E-state index contributed by atoms with van der Waals surface area (Å²) in [5, 5.41) is 9.18. The lowest BCUT2D eigenvalue weighted by atomic mass is 10.2. The number of benzene rings is 2. The quantitative estimate of drug-likeness (QED) is 0.903. The average molecular weight is 330 g/mol. The van der Waals surface area contributed by atoms with Crippen LogP contribution >= 0.6 is 11.6 Å². The highest BCUT2D eigenvalue weighted by Crippen LogP contribution is 2.20. The van der Waals surface area contributed by atoms with Crippen LogP contribution < -0.4 is 4.72 Å². The summed E-state index contributed by atoms with van der Waals surface area (Å²) >= 11 is 5.67. The topological polar surface area (TPSA) is 83.5 Å². The molecule has 8 heteroatoms. The molecule has 2 aromatic rings. The van der Waals surface area contributed by atoms with E-state index in [1.54, 1.807) is 0 Å². The fourth-order valence-corrected chi connectivity index (χ4v) is 2.76. The molecule has 0 atom stereocenters. The van der Waals surface area contributed by atoms with Gasteiger partial charge in [-0.2, -0.15) is 0 Å². The van der Waals surface area contributed by atoms with Gasteiger partial charge in [0, 0.05) is 10.7 Å². The number of rotatable bonds is 4. The fourth-order valence-electron chi connectivity index (χ4n) is 1.58. The lowest BCUT2D eigenvalue weighted by molar-refractivity contribution is 0.0692. The standard InChI is InChI=1S/C13H9ClFNO4S/c14-8-1-4-10(5-2-8)21(19,20)16-9-3-6-12(15)11(7-9)13(17)18/h1-7,16H,(H,17,18). The fraction of sp³-hybridized carbons (Fsp3) is 0. The van der Waals surface area contributed by atoms with E-state index in [9.17, 15) is 17.6 Å². The Labute approximate surface area is 125 Å². The molecule has 0 saturated heterocycles. The van der Waals surface area contributed by atoms with Crippen LogP contribution in [0.15, 0.2) is 47.4 Å². The molecule has 0 aromatic heterocycles. The number of hydrogen-bond acceptors (Lipinski definition) is 3. The van der Waals surface area contributed by atoms with Gasteiger partial charge in [-0.05, 0) is 42.5 Å². The summed E-state index contributed by atoms with van der Waals surface area (Å²) in [6.45, 7) is 0. The second-order valence-corrected chi connectivity index (χ2v) is 6.18. The molecule has 0 saturated carbocycles. The minimum atomic E-state index is -3.91. The third kappa shape index (κ3) is 3.50. The first-order valence-corrected chi connectivity index (χ1v) is 7.47. The van der Waals surface area contributed by atoms with Crippen LogP contribution in [-0.2, 0) is 10.0 Å². The summed E-state index contributed by atoms with van der Waals surface area (Å²) in [6.07, 6.45) is 0. The maximum Gasteiger partial charge on any atom is 0.338 e. The van der Waals surface area contributed by atoms with Crippen LogP contribution in [0.4, 0.5) is 10.1 Å². The highest BCUT2D eigenvalue weighted by Gasteiger charge is 2.16. The molecule has 0 amide bonds. The van der Waals surface area contributed by atoms with Crippen LogP contribution in [0, 0.1) is 5.82 Å². The van der Waals surface area contributed by atoms with Crippen molar-refractivity contribution in [3.8, 4) is 0 Å². The number of nitrogens with one attached hydrogen (secondary N) is 1. The highest BCUT2D eigenvalue weighted by molar-refractivity contribution is 7.92. The van der Waals surface area contributed by atoms with Crippen LogP contribution in [0.25, 0.3) is 0 Å². The van der Waals surface area contributed by atoms with Crippen molar-refractivity contribution >= 4 is 33.3 Å². The van der Waals surface area contributed by atoms with Gasteiger partial charge in [0.25, 0.3) is 10.0 Å². The summed E-state index contributed by atoms with van der Waals surface area (Å²) in [5.74, 6) is -2.43. The normalized spacial score (nSPS) is 11.1. The lowest BCUT2D eigenvalue weighted by Gasteiger charge is -2.09. The molecular weight excluding hydrogens is 321 g/mol. The van der Waals surface area contributed by atoms with Crippen molar-refractivity contribution < 1.29 is 22.7 Å². The number of carboxylic acid groups (broad SMARTS) is 1. The molecule has 0 radical (unpaired) electrons. The Balaban J connectivity index is 2.35. The molecule has 0 fully saturated rings. The van der Waals surface area contributed by atoms with E-state index in [2.05, 4.69) is 4.72 Å². The Morgan fingerprint density at radius 3 is 2.33 bits per heavy atom. The van der Waals surface area contributed by atoms with E-state index in [0.717, 1.165) is 18.2 Å². The second kappa shape index (κ2) is 5.71. The molecule has 21 heavy (non-hydrogen) atoms. The minimum Gasteiger partial charge on any atom is -0.478 e. The van der Waals surface area contributed by atoms with Gasteiger partial charge in [-0.3, -0.25) is 4.72 Å². The van der Waals surface area contributed by atoms with E-state index in [4.69, 9.17) is 16.7 Å². The van der Waals surface area contributed by atoms with Gasteiger partial charge < -0.3 is 5.11 Å². The Morgan fingerprint density at radius 2 is 1.76 bits per heavy atom. The molecule has 2 aromatic carbocycles. The SMILES string of the molecule is O=C(O)c1cc(NS(=O)(=O)c2ccc(Cl)cc2)ccc1F. The summed E-state index contributed by atoms with van der Waals surface area (Å²) in [7, 11) is -3.91. The van der Waals surface area contributed by atoms with Gasteiger partial charge in [-0.15, -0.1) is 0 Å². The Bertz CT molecular complexity index is 790. The number of anilines is 1. The maximum atomic E-state index is 13.2. The van der Waals surface area contributed by atoms with Crippen molar-refractivity contribution in [2.75, 3.05) is 4.72 Å². The first kappa shape index (κ1) is 15.3. The largest absolute Gasteiger partial charge is 0.478 e. The van der Waals surface area contributed by atoms with Gasteiger partial charge in [0.1, 0.15) is 5.82 Å². The monoisotopic (exact) mass is 329 g/mol. The van der Waals surface area contributed by atoms with Crippen LogP contribution in [-0.4, -0.2) is 19.5 Å². The zero-order chi connectivity index (χ0) is 15.6. The molecule has 0 aliphatic carbocycles. The van der Waals surface area contributed by atoms with Crippen LogP contribution in [0.3, 0.4) is 0 Å². The summed E-state index contributed by atoms with van der Waals surface area (Å²) in [5.41, 5.74) is -0.671. The lowest BCUT2D eigenvalue weighted by Crippen LogP contribution is -2.13. The summed E-state index contributed by atoms with van der Waals surface area (Å²) in [4.78, 5) is 10.8. The van der Waals surface area contributed by atoms with E-state index < -0.39 is 27.4 Å². The molecule has 0 spiro atoms. The van der Waals surface area contributed by atoms with E-state index in [1.165, 1.54) is 24.3 Å². The second-order valence-electron chi connectivity index (χ2n) is 4.06. The van der Waals surface area contributed by atoms with Crippen molar-refractivity contribution in [3.63, 3.8) is 0 Å². The van der Waals surface area contributed by atoms with Crippen molar-refractivity contribution in [2.45, 2.75) is 4.90 Å².